The van der Waals surface area contributed by atoms with Crippen LogP contribution in [-0.2, 0) is 11.2 Å². The Morgan fingerprint density at radius 2 is 2.30 bits per heavy atom. The Kier molecular flexibility index (Phi) is 4.99. The number of rotatable bonds is 6. The predicted molar refractivity (Wildman–Crippen MR) is 80.1 cm³/mol. The largest absolute Gasteiger partial charge is 0.380 e. The monoisotopic (exact) mass is 291 g/mol. The summed E-state index contributed by atoms with van der Waals surface area (Å²) < 4.78 is 7.64. The highest BCUT2D eigenvalue weighted by molar-refractivity contribution is 6.17. The van der Waals surface area contributed by atoms with Gasteiger partial charge >= 0.3 is 0 Å². The van der Waals surface area contributed by atoms with E-state index < -0.39 is 0 Å². The Morgan fingerprint density at radius 3 is 2.95 bits per heavy atom. The van der Waals surface area contributed by atoms with E-state index in [2.05, 4.69) is 22.5 Å². The van der Waals surface area contributed by atoms with Crippen molar-refractivity contribution in [2.24, 2.45) is 0 Å². The van der Waals surface area contributed by atoms with Crippen molar-refractivity contribution in [1.29, 1.82) is 5.26 Å². The van der Waals surface area contributed by atoms with Crippen molar-refractivity contribution >= 4 is 22.6 Å². The molecule has 0 aliphatic rings. The van der Waals surface area contributed by atoms with Crippen molar-refractivity contribution in [1.82, 2.24) is 9.55 Å². The average molecular weight is 292 g/mol. The fourth-order valence-electron chi connectivity index (χ4n) is 2.37. The van der Waals surface area contributed by atoms with Gasteiger partial charge < -0.3 is 9.30 Å². The van der Waals surface area contributed by atoms with Gasteiger partial charge in [0.1, 0.15) is 17.4 Å². The van der Waals surface area contributed by atoms with E-state index in [9.17, 15) is 5.26 Å². The van der Waals surface area contributed by atoms with Gasteiger partial charge in [-0.1, -0.05) is 6.07 Å². The van der Waals surface area contributed by atoms with Crippen LogP contribution in [-0.4, -0.2) is 28.6 Å². The van der Waals surface area contributed by atoms with E-state index in [1.54, 1.807) is 6.07 Å². The molecule has 1 aromatic heterocycles. The number of halogens is 1. The molecule has 0 fully saturated rings. The van der Waals surface area contributed by atoms with Gasteiger partial charge in [-0.2, -0.15) is 5.26 Å². The minimum atomic E-state index is 0.159. The third-order valence-corrected chi connectivity index (χ3v) is 3.42. The third-order valence-electron chi connectivity index (χ3n) is 3.24. The lowest BCUT2D eigenvalue weighted by molar-refractivity contribution is 0.119. The van der Waals surface area contributed by atoms with Gasteiger partial charge in [-0.05, 0) is 26.0 Å². The molecule has 0 aliphatic heterocycles. The highest BCUT2D eigenvalue weighted by Gasteiger charge is 2.17. The van der Waals surface area contributed by atoms with Gasteiger partial charge in [0.15, 0.2) is 0 Å². The van der Waals surface area contributed by atoms with Crippen LogP contribution in [0.2, 0.25) is 0 Å². The van der Waals surface area contributed by atoms with Gasteiger partial charge in [0.25, 0.3) is 0 Å². The van der Waals surface area contributed by atoms with Crippen molar-refractivity contribution in [2.75, 3.05) is 19.1 Å². The Hall–Kier alpha value is -1.57. The molecule has 0 saturated carbocycles. The summed E-state index contributed by atoms with van der Waals surface area (Å²) in [6.07, 6.45) is 0.678. The van der Waals surface area contributed by atoms with E-state index in [-0.39, 0.29) is 6.04 Å². The summed E-state index contributed by atoms with van der Waals surface area (Å²) in [4.78, 5) is 4.60. The number of aromatic nitrogens is 2. The zero-order valence-electron chi connectivity index (χ0n) is 11.8. The lowest BCUT2D eigenvalue weighted by Gasteiger charge is -2.17. The van der Waals surface area contributed by atoms with Crippen molar-refractivity contribution in [3.8, 4) is 6.07 Å². The highest BCUT2D eigenvalue weighted by atomic mass is 35.5. The summed E-state index contributed by atoms with van der Waals surface area (Å²) in [5.74, 6) is 1.41. The van der Waals surface area contributed by atoms with Crippen LogP contribution >= 0.6 is 11.6 Å². The van der Waals surface area contributed by atoms with Crippen LogP contribution in [0.5, 0.6) is 0 Å². The first-order valence-corrected chi connectivity index (χ1v) is 7.30. The number of para-hydroxylation sites is 1. The Labute approximate surface area is 123 Å². The van der Waals surface area contributed by atoms with E-state index >= 15 is 0 Å². The van der Waals surface area contributed by atoms with Crippen LogP contribution in [0.3, 0.4) is 0 Å². The Balaban J connectivity index is 2.54. The van der Waals surface area contributed by atoms with Crippen LogP contribution in [0, 0.1) is 11.3 Å². The van der Waals surface area contributed by atoms with Crippen molar-refractivity contribution < 1.29 is 4.74 Å². The maximum atomic E-state index is 9.20. The molecule has 1 atom stereocenters. The van der Waals surface area contributed by atoms with Gasteiger partial charge in [-0.15, -0.1) is 11.6 Å². The number of hydrogen-bond acceptors (Lipinski definition) is 3. The molecule has 1 aromatic carbocycles. The summed E-state index contributed by atoms with van der Waals surface area (Å²) in [6, 6.07) is 8.02. The number of hydrogen-bond donors (Lipinski definition) is 0. The molecule has 106 valence electrons. The highest BCUT2D eigenvalue weighted by Crippen LogP contribution is 2.24. The molecule has 1 unspecified atom stereocenters. The van der Waals surface area contributed by atoms with Crippen molar-refractivity contribution in [2.45, 2.75) is 26.3 Å². The summed E-state index contributed by atoms with van der Waals surface area (Å²) in [5.41, 5.74) is 2.32. The molecule has 2 aromatic rings. The molecule has 0 bridgehead atoms. The second kappa shape index (κ2) is 6.74. The average Bonchev–Trinajstić information content (AvgIpc) is 2.83. The van der Waals surface area contributed by atoms with Crippen LogP contribution in [0.15, 0.2) is 18.2 Å². The molecule has 0 spiro atoms. The molecule has 20 heavy (non-hydrogen) atoms. The van der Waals surface area contributed by atoms with Gasteiger partial charge in [0.2, 0.25) is 0 Å². The number of fused-ring (bicyclic) bond motifs is 1. The lowest BCUT2D eigenvalue weighted by Crippen LogP contribution is -2.15. The SMILES string of the molecule is CCOCC(C)n1c(CCCl)nc2c(C#N)cccc21. The third kappa shape index (κ3) is 2.79. The first kappa shape index (κ1) is 14.8. The van der Waals surface area contributed by atoms with Crippen LogP contribution in [0.1, 0.15) is 31.3 Å². The standard InChI is InChI=1S/C15H18ClN3O/c1-3-20-10-11(2)19-13-6-4-5-12(9-17)15(13)18-14(19)7-8-16/h4-6,11H,3,7-8,10H2,1-2H3. The smallest absolute Gasteiger partial charge is 0.111 e. The second-order valence-electron chi connectivity index (χ2n) is 4.63. The first-order valence-electron chi connectivity index (χ1n) is 6.76. The molecule has 0 radical (unpaired) electrons. The predicted octanol–water partition coefficient (Wildman–Crippen LogP) is 3.29. The van der Waals surface area contributed by atoms with Gasteiger partial charge in [-0.25, -0.2) is 4.98 Å². The zero-order valence-corrected chi connectivity index (χ0v) is 12.5. The summed E-state index contributed by atoms with van der Waals surface area (Å²) in [6.45, 7) is 5.37. The van der Waals surface area contributed by atoms with Gasteiger partial charge in [-0.3, -0.25) is 0 Å². The molecular weight excluding hydrogens is 274 g/mol. The number of ether oxygens (including phenoxy) is 1. The Morgan fingerprint density at radius 1 is 1.50 bits per heavy atom. The number of nitriles is 1. The van der Waals surface area contributed by atoms with Gasteiger partial charge in [0, 0.05) is 18.9 Å². The first-order chi connectivity index (χ1) is 9.72. The normalized spacial score (nSPS) is 12.5. The van der Waals surface area contributed by atoms with Crippen molar-refractivity contribution in [3.05, 3.63) is 29.6 Å². The zero-order chi connectivity index (χ0) is 14.5. The van der Waals surface area contributed by atoms with Crippen LogP contribution in [0.4, 0.5) is 0 Å². The number of imidazole rings is 1. The molecule has 5 heteroatoms. The molecule has 0 N–H and O–H groups in total. The molecule has 1 heterocycles. The topological polar surface area (TPSA) is 50.8 Å². The Bertz CT molecular complexity index is 630. The minimum absolute atomic E-state index is 0.159. The fourth-order valence-corrected chi connectivity index (χ4v) is 2.54. The van der Waals surface area contributed by atoms with Crippen LogP contribution in [0.25, 0.3) is 11.0 Å². The summed E-state index contributed by atoms with van der Waals surface area (Å²) in [7, 11) is 0. The van der Waals surface area contributed by atoms with Crippen molar-refractivity contribution in [3.63, 3.8) is 0 Å². The fraction of sp³-hybridized carbons (Fsp3) is 0.467. The number of benzene rings is 1. The molecule has 2 rings (SSSR count). The van der Waals surface area contributed by atoms with E-state index in [1.165, 1.54) is 0 Å². The molecule has 4 nitrogen and oxygen atoms in total. The van der Waals surface area contributed by atoms with E-state index in [1.807, 2.05) is 19.1 Å². The molecular formula is C15H18ClN3O. The van der Waals surface area contributed by atoms with Gasteiger partial charge in [0.05, 0.1) is 23.7 Å². The quantitative estimate of drug-likeness (QED) is 0.767. The number of nitrogens with zero attached hydrogens (tertiary/aromatic N) is 3. The van der Waals surface area contributed by atoms with Crippen LogP contribution < -0.4 is 0 Å². The summed E-state index contributed by atoms with van der Waals surface area (Å²) in [5, 5.41) is 9.20. The lowest BCUT2D eigenvalue weighted by atomic mass is 10.2. The van der Waals surface area contributed by atoms with E-state index in [0.717, 1.165) is 16.9 Å². The maximum Gasteiger partial charge on any atom is 0.111 e. The molecule has 0 aliphatic carbocycles. The van der Waals surface area contributed by atoms with E-state index in [4.69, 9.17) is 16.3 Å². The maximum absolute atomic E-state index is 9.20. The summed E-state index contributed by atoms with van der Waals surface area (Å²) >= 11 is 5.87. The number of alkyl halides is 1. The molecule has 0 saturated heterocycles. The number of aryl methyl sites for hydroxylation is 1. The van der Waals surface area contributed by atoms with E-state index in [0.29, 0.717) is 31.1 Å². The second-order valence-corrected chi connectivity index (χ2v) is 5.01. The minimum Gasteiger partial charge on any atom is -0.380 e. The molecule has 0 amide bonds.